The largest absolute Gasteiger partial charge is 0.487 e. The Morgan fingerprint density at radius 2 is 1.79 bits per heavy atom. The molecule has 0 unspecified atom stereocenters. The molecular formula is C24H27NO4. The molecule has 5 heteroatoms. The summed E-state index contributed by atoms with van der Waals surface area (Å²) in [5.74, 6) is 2.06. The summed E-state index contributed by atoms with van der Waals surface area (Å²) in [5, 5.41) is 0. The highest BCUT2D eigenvalue weighted by atomic mass is 16.5. The molecule has 1 aromatic heterocycles. The zero-order valence-corrected chi connectivity index (χ0v) is 17.0. The second-order valence-corrected chi connectivity index (χ2v) is 6.83. The van der Waals surface area contributed by atoms with Crippen LogP contribution in [0, 0.1) is 6.92 Å². The van der Waals surface area contributed by atoms with Crippen LogP contribution in [0.5, 0.6) is 5.75 Å². The number of aryl methyl sites for hydroxylation is 2. The zero-order chi connectivity index (χ0) is 20.5. The Morgan fingerprint density at radius 3 is 2.52 bits per heavy atom. The minimum absolute atomic E-state index is 0.116. The lowest BCUT2D eigenvalue weighted by atomic mass is 10.1. The van der Waals surface area contributed by atoms with E-state index in [0.29, 0.717) is 25.5 Å². The summed E-state index contributed by atoms with van der Waals surface area (Å²) >= 11 is 0. The van der Waals surface area contributed by atoms with Gasteiger partial charge < -0.3 is 13.9 Å². The predicted octanol–water partition coefficient (Wildman–Crippen LogP) is 5.50. The van der Waals surface area contributed by atoms with Crippen molar-refractivity contribution in [1.82, 2.24) is 4.98 Å². The smallest absolute Gasteiger partial charge is 0.305 e. The maximum absolute atomic E-state index is 11.3. The normalized spacial score (nSPS) is 10.7. The number of oxazole rings is 1. The van der Waals surface area contributed by atoms with Gasteiger partial charge in [0, 0.05) is 12.0 Å². The van der Waals surface area contributed by atoms with Gasteiger partial charge in [0.2, 0.25) is 5.89 Å². The van der Waals surface area contributed by atoms with E-state index in [2.05, 4.69) is 17.1 Å². The Kier molecular flexibility index (Phi) is 7.45. The Hall–Kier alpha value is -3.08. The van der Waals surface area contributed by atoms with Crippen molar-refractivity contribution in [2.24, 2.45) is 0 Å². The Morgan fingerprint density at radius 1 is 1.03 bits per heavy atom. The first-order valence-corrected chi connectivity index (χ1v) is 10.0. The molecule has 3 aromatic rings. The van der Waals surface area contributed by atoms with Gasteiger partial charge >= 0.3 is 5.97 Å². The van der Waals surface area contributed by atoms with Gasteiger partial charge in [0.15, 0.2) is 0 Å². The Bertz CT molecular complexity index is 900. The lowest BCUT2D eigenvalue weighted by Crippen LogP contribution is -2.03. The van der Waals surface area contributed by atoms with E-state index in [4.69, 9.17) is 13.9 Å². The van der Waals surface area contributed by atoms with Gasteiger partial charge in [-0.1, -0.05) is 30.3 Å². The van der Waals surface area contributed by atoms with E-state index >= 15 is 0 Å². The van der Waals surface area contributed by atoms with E-state index in [-0.39, 0.29) is 5.97 Å². The highest BCUT2D eigenvalue weighted by Crippen LogP contribution is 2.23. The van der Waals surface area contributed by atoms with E-state index in [1.165, 1.54) is 5.56 Å². The first kappa shape index (κ1) is 20.6. The third-order valence-electron chi connectivity index (χ3n) is 4.61. The number of rotatable bonds is 10. The van der Waals surface area contributed by atoms with Gasteiger partial charge in [-0.2, -0.15) is 0 Å². The number of aromatic nitrogens is 1. The molecule has 0 atom stereocenters. The molecule has 0 saturated carbocycles. The third-order valence-corrected chi connectivity index (χ3v) is 4.61. The minimum Gasteiger partial charge on any atom is -0.487 e. The van der Waals surface area contributed by atoms with Gasteiger partial charge in [0.05, 0.1) is 6.61 Å². The molecule has 0 N–H and O–H groups in total. The van der Waals surface area contributed by atoms with Crippen LogP contribution in [0.2, 0.25) is 0 Å². The second kappa shape index (κ2) is 10.5. The van der Waals surface area contributed by atoms with E-state index in [0.717, 1.165) is 42.0 Å². The van der Waals surface area contributed by atoms with E-state index < -0.39 is 0 Å². The van der Waals surface area contributed by atoms with Crippen molar-refractivity contribution in [1.29, 1.82) is 0 Å². The summed E-state index contributed by atoms with van der Waals surface area (Å²) in [6.07, 6.45) is 3.21. The molecule has 0 bridgehead atoms. The van der Waals surface area contributed by atoms with Crippen LogP contribution in [0.4, 0.5) is 0 Å². The van der Waals surface area contributed by atoms with Crippen molar-refractivity contribution >= 4 is 5.97 Å². The van der Waals surface area contributed by atoms with Crippen LogP contribution in [0.25, 0.3) is 11.5 Å². The number of carbonyl (C=O) groups excluding carboxylic acids is 1. The van der Waals surface area contributed by atoms with Gasteiger partial charge in [-0.3, -0.25) is 4.79 Å². The van der Waals surface area contributed by atoms with Crippen molar-refractivity contribution in [2.45, 2.75) is 46.1 Å². The second-order valence-electron chi connectivity index (χ2n) is 6.83. The Balaban J connectivity index is 1.47. The van der Waals surface area contributed by atoms with Gasteiger partial charge in [-0.05, 0) is 62.9 Å². The first-order chi connectivity index (χ1) is 14.2. The van der Waals surface area contributed by atoms with Crippen LogP contribution in [0.15, 0.2) is 59.0 Å². The predicted molar refractivity (Wildman–Crippen MR) is 112 cm³/mol. The molecule has 1 heterocycles. The molecule has 0 aliphatic rings. The SMILES string of the molecule is CCOC(=O)CCCCc1ccc(OCc2nc(-c3ccccc3)oc2C)cc1. The molecule has 152 valence electrons. The maximum Gasteiger partial charge on any atom is 0.305 e. The van der Waals surface area contributed by atoms with E-state index in [9.17, 15) is 4.79 Å². The molecule has 0 radical (unpaired) electrons. The maximum atomic E-state index is 11.3. The number of esters is 1. The van der Waals surface area contributed by atoms with Crippen molar-refractivity contribution in [3.63, 3.8) is 0 Å². The molecule has 5 nitrogen and oxygen atoms in total. The number of ether oxygens (including phenoxy) is 2. The molecule has 0 saturated heterocycles. The number of hydrogen-bond acceptors (Lipinski definition) is 5. The van der Waals surface area contributed by atoms with Gasteiger partial charge in [-0.25, -0.2) is 4.98 Å². The van der Waals surface area contributed by atoms with Crippen molar-refractivity contribution in [2.75, 3.05) is 6.61 Å². The van der Waals surface area contributed by atoms with Crippen molar-refractivity contribution < 1.29 is 18.7 Å². The topological polar surface area (TPSA) is 61.6 Å². The number of nitrogens with zero attached hydrogens (tertiary/aromatic N) is 1. The number of unbranched alkanes of at least 4 members (excludes halogenated alkanes) is 1. The first-order valence-electron chi connectivity index (χ1n) is 10.0. The Labute approximate surface area is 171 Å². The molecular weight excluding hydrogens is 366 g/mol. The number of hydrogen-bond donors (Lipinski definition) is 0. The molecule has 3 rings (SSSR count). The highest BCUT2D eigenvalue weighted by molar-refractivity contribution is 5.69. The molecule has 0 spiro atoms. The fourth-order valence-corrected chi connectivity index (χ4v) is 3.00. The molecule has 0 amide bonds. The highest BCUT2D eigenvalue weighted by Gasteiger charge is 2.11. The minimum atomic E-state index is -0.116. The summed E-state index contributed by atoms with van der Waals surface area (Å²) in [6.45, 7) is 4.54. The molecule has 29 heavy (non-hydrogen) atoms. The standard InChI is InChI=1S/C24H27NO4/c1-3-27-23(26)12-8-7-9-19-13-15-21(16-14-19)28-17-22-18(2)29-24(25-22)20-10-5-4-6-11-20/h4-6,10-11,13-16H,3,7-9,12,17H2,1-2H3. The van der Waals surface area contributed by atoms with Crippen molar-refractivity contribution in [3.8, 4) is 17.2 Å². The van der Waals surface area contributed by atoms with Gasteiger partial charge in [0.25, 0.3) is 0 Å². The lowest BCUT2D eigenvalue weighted by Gasteiger charge is -2.06. The van der Waals surface area contributed by atoms with Crippen LogP contribution in [-0.2, 0) is 22.6 Å². The third kappa shape index (κ3) is 6.21. The monoisotopic (exact) mass is 393 g/mol. The fourth-order valence-electron chi connectivity index (χ4n) is 3.00. The zero-order valence-electron chi connectivity index (χ0n) is 17.0. The molecule has 0 aliphatic heterocycles. The molecule has 0 fully saturated rings. The summed E-state index contributed by atoms with van der Waals surface area (Å²) < 4.78 is 16.6. The van der Waals surface area contributed by atoms with E-state index in [1.54, 1.807) is 0 Å². The average Bonchev–Trinajstić information content (AvgIpc) is 3.12. The van der Waals surface area contributed by atoms with Crippen LogP contribution in [0.1, 0.15) is 43.2 Å². The fraction of sp³-hybridized carbons (Fsp3) is 0.333. The quantitative estimate of drug-likeness (QED) is 0.336. The lowest BCUT2D eigenvalue weighted by molar-refractivity contribution is -0.143. The summed E-state index contributed by atoms with van der Waals surface area (Å²) in [6, 6.07) is 17.9. The summed E-state index contributed by atoms with van der Waals surface area (Å²) in [7, 11) is 0. The van der Waals surface area contributed by atoms with Crippen LogP contribution < -0.4 is 4.74 Å². The van der Waals surface area contributed by atoms with E-state index in [1.807, 2.05) is 56.3 Å². The van der Waals surface area contributed by atoms with Gasteiger partial charge in [-0.15, -0.1) is 0 Å². The van der Waals surface area contributed by atoms with Crippen LogP contribution >= 0.6 is 0 Å². The number of benzene rings is 2. The van der Waals surface area contributed by atoms with Crippen LogP contribution in [0.3, 0.4) is 0 Å². The number of carbonyl (C=O) groups is 1. The molecule has 2 aromatic carbocycles. The van der Waals surface area contributed by atoms with Crippen LogP contribution in [-0.4, -0.2) is 17.6 Å². The van der Waals surface area contributed by atoms with Gasteiger partial charge in [0.1, 0.15) is 23.8 Å². The summed E-state index contributed by atoms with van der Waals surface area (Å²) in [4.78, 5) is 15.9. The average molecular weight is 393 g/mol. The molecule has 0 aliphatic carbocycles. The van der Waals surface area contributed by atoms with Crippen molar-refractivity contribution in [3.05, 3.63) is 71.6 Å². The summed E-state index contributed by atoms with van der Waals surface area (Å²) in [5.41, 5.74) is 2.98.